The van der Waals surface area contributed by atoms with Crippen LogP contribution in [0.4, 0.5) is 11.5 Å². The van der Waals surface area contributed by atoms with Crippen molar-refractivity contribution in [1.29, 1.82) is 0 Å². The molecule has 36 heavy (non-hydrogen) atoms. The van der Waals surface area contributed by atoms with Crippen LogP contribution in [0.25, 0.3) is 21.8 Å². The number of methoxy groups -OCH3 is 2. The summed E-state index contributed by atoms with van der Waals surface area (Å²) in [4.78, 5) is 51.4. The van der Waals surface area contributed by atoms with Gasteiger partial charge in [0.05, 0.1) is 30.6 Å². The van der Waals surface area contributed by atoms with Gasteiger partial charge >= 0.3 is 5.69 Å². The fraction of sp³-hybridized carbons (Fsp3) is 0.320. The van der Waals surface area contributed by atoms with Crippen LogP contribution in [0.1, 0.15) is 25.8 Å². The van der Waals surface area contributed by atoms with Crippen LogP contribution in [0, 0.1) is 0 Å². The molecule has 186 valence electrons. The molecular weight excluding hydrogens is 464 g/mol. The Kier molecular flexibility index (Phi) is 6.05. The molecule has 1 fully saturated rings. The molecule has 2 aromatic carbocycles. The Morgan fingerprint density at radius 1 is 1.03 bits per heavy atom. The topological polar surface area (TPSA) is 131 Å². The minimum absolute atomic E-state index is 0.236. The standard InChI is InChI=1S/C25H26N6O5/c1-14(32)28-15-4-5-19-18(10-15)24(33)31(25(34)29-19)16-6-8-30(9-7-16)23-17-11-21(35-2)22(36-3)12-20(17)26-13-27-23/h4-5,10-13,16H,6-9H2,1-3H3,(H,28,32)(H,29,34). The van der Waals surface area contributed by atoms with Crippen LogP contribution in [0.5, 0.6) is 11.5 Å². The molecule has 3 heterocycles. The summed E-state index contributed by atoms with van der Waals surface area (Å²) < 4.78 is 12.1. The monoisotopic (exact) mass is 490 g/mol. The van der Waals surface area contributed by atoms with E-state index in [-0.39, 0.29) is 17.5 Å². The zero-order valence-electron chi connectivity index (χ0n) is 20.2. The summed E-state index contributed by atoms with van der Waals surface area (Å²) in [5, 5.41) is 3.86. The van der Waals surface area contributed by atoms with Crippen molar-refractivity contribution in [3.63, 3.8) is 0 Å². The predicted molar refractivity (Wildman–Crippen MR) is 136 cm³/mol. The summed E-state index contributed by atoms with van der Waals surface area (Å²) >= 11 is 0. The van der Waals surface area contributed by atoms with Crippen LogP contribution in [0.3, 0.4) is 0 Å². The largest absolute Gasteiger partial charge is 0.493 e. The lowest BCUT2D eigenvalue weighted by Crippen LogP contribution is -2.43. The van der Waals surface area contributed by atoms with Gasteiger partial charge in [0, 0.05) is 43.2 Å². The molecule has 0 spiro atoms. The van der Waals surface area contributed by atoms with Crippen molar-refractivity contribution in [3.8, 4) is 11.5 Å². The van der Waals surface area contributed by atoms with Crippen molar-refractivity contribution in [2.24, 2.45) is 0 Å². The maximum Gasteiger partial charge on any atom is 0.329 e. The third-order valence-electron chi connectivity index (χ3n) is 6.50. The lowest BCUT2D eigenvalue weighted by atomic mass is 10.0. The summed E-state index contributed by atoms with van der Waals surface area (Å²) in [5.74, 6) is 1.70. The number of nitrogens with one attached hydrogen (secondary N) is 2. The van der Waals surface area contributed by atoms with E-state index in [1.54, 1.807) is 32.4 Å². The zero-order valence-corrected chi connectivity index (χ0v) is 20.2. The van der Waals surface area contributed by atoms with E-state index < -0.39 is 5.69 Å². The molecule has 0 atom stereocenters. The van der Waals surface area contributed by atoms with Gasteiger partial charge in [0.25, 0.3) is 5.56 Å². The molecule has 1 amide bonds. The lowest BCUT2D eigenvalue weighted by Gasteiger charge is -2.33. The fourth-order valence-corrected chi connectivity index (χ4v) is 4.80. The highest BCUT2D eigenvalue weighted by molar-refractivity contribution is 5.93. The van der Waals surface area contributed by atoms with Crippen molar-refractivity contribution in [2.45, 2.75) is 25.8 Å². The molecule has 1 aliphatic rings. The number of piperidine rings is 1. The number of rotatable bonds is 5. The van der Waals surface area contributed by atoms with Crippen LogP contribution in [-0.2, 0) is 4.79 Å². The molecule has 0 bridgehead atoms. The van der Waals surface area contributed by atoms with Gasteiger partial charge in [-0.05, 0) is 37.1 Å². The second-order valence-corrected chi connectivity index (χ2v) is 8.69. The predicted octanol–water partition coefficient (Wildman–Crippen LogP) is 2.45. The van der Waals surface area contributed by atoms with Crippen LogP contribution >= 0.6 is 0 Å². The van der Waals surface area contributed by atoms with E-state index in [1.807, 2.05) is 12.1 Å². The fourth-order valence-electron chi connectivity index (χ4n) is 4.80. The van der Waals surface area contributed by atoms with E-state index >= 15 is 0 Å². The molecular formula is C25H26N6O5. The minimum Gasteiger partial charge on any atom is -0.493 e. The van der Waals surface area contributed by atoms with Crippen LogP contribution < -0.4 is 30.9 Å². The number of fused-ring (bicyclic) bond motifs is 2. The van der Waals surface area contributed by atoms with E-state index in [0.717, 1.165) is 16.7 Å². The second-order valence-electron chi connectivity index (χ2n) is 8.69. The maximum atomic E-state index is 13.3. The summed E-state index contributed by atoms with van der Waals surface area (Å²) in [6.07, 6.45) is 2.68. The number of aromatic nitrogens is 4. The Balaban J connectivity index is 1.44. The molecule has 0 unspecified atom stereocenters. The number of amides is 1. The first kappa shape index (κ1) is 23.3. The van der Waals surface area contributed by atoms with Crippen molar-refractivity contribution in [2.75, 3.05) is 37.5 Å². The lowest BCUT2D eigenvalue weighted by molar-refractivity contribution is -0.114. The Hall–Kier alpha value is -4.41. The number of nitrogens with zero attached hydrogens (tertiary/aromatic N) is 4. The molecule has 4 aromatic rings. The maximum absolute atomic E-state index is 13.3. The van der Waals surface area contributed by atoms with Crippen molar-refractivity contribution in [3.05, 3.63) is 57.5 Å². The molecule has 5 rings (SSSR count). The quantitative estimate of drug-likeness (QED) is 0.436. The molecule has 2 aromatic heterocycles. The molecule has 0 aliphatic carbocycles. The van der Waals surface area contributed by atoms with Gasteiger partial charge in [-0.25, -0.2) is 14.8 Å². The Morgan fingerprint density at radius 3 is 2.44 bits per heavy atom. The first-order valence-corrected chi connectivity index (χ1v) is 11.6. The van der Waals surface area contributed by atoms with E-state index in [9.17, 15) is 14.4 Å². The molecule has 1 aliphatic heterocycles. The molecule has 2 N–H and O–H groups in total. The summed E-state index contributed by atoms with van der Waals surface area (Å²) in [6, 6.07) is 8.28. The highest BCUT2D eigenvalue weighted by Crippen LogP contribution is 2.36. The van der Waals surface area contributed by atoms with Crippen LogP contribution in [-0.4, -0.2) is 52.7 Å². The van der Waals surface area contributed by atoms with Gasteiger partial charge in [0.2, 0.25) is 5.91 Å². The Bertz CT molecular complexity index is 1590. The number of hydrogen-bond acceptors (Lipinski definition) is 8. The number of hydrogen-bond donors (Lipinski definition) is 2. The molecule has 1 saturated heterocycles. The van der Waals surface area contributed by atoms with Crippen molar-refractivity contribution >= 4 is 39.2 Å². The smallest absolute Gasteiger partial charge is 0.329 e. The molecule has 0 saturated carbocycles. The van der Waals surface area contributed by atoms with Gasteiger partial charge in [-0.2, -0.15) is 0 Å². The van der Waals surface area contributed by atoms with E-state index in [4.69, 9.17) is 9.47 Å². The SMILES string of the molecule is COc1cc2ncnc(N3CCC(n4c(=O)[nH]c5ccc(NC(C)=O)cc5c4=O)CC3)c2cc1OC. The van der Waals surface area contributed by atoms with Gasteiger partial charge in [-0.15, -0.1) is 0 Å². The third-order valence-corrected chi connectivity index (χ3v) is 6.50. The number of aromatic amines is 1. The van der Waals surface area contributed by atoms with Crippen molar-refractivity contribution in [1.82, 2.24) is 19.5 Å². The average molecular weight is 491 g/mol. The van der Waals surface area contributed by atoms with Crippen LogP contribution in [0.15, 0.2) is 46.2 Å². The Labute approximate surface area is 205 Å². The van der Waals surface area contributed by atoms with Gasteiger partial charge in [0.15, 0.2) is 11.5 Å². The first-order valence-electron chi connectivity index (χ1n) is 11.6. The molecule has 0 radical (unpaired) electrons. The Morgan fingerprint density at radius 2 is 1.75 bits per heavy atom. The summed E-state index contributed by atoms with van der Waals surface area (Å²) in [6.45, 7) is 2.60. The number of ether oxygens (including phenoxy) is 2. The summed E-state index contributed by atoms with van der Waals surface area (Å²) in [7, 11) is 3.16. The first-order chi connectivity index (χ1) is 17.4. The van der Waals surface area contributed by atoms with Gasteiger partial charge in [0.1, 0.15) is 12.1 Å². The average Bonchev–Trinajstić information content (AvgIpc) is 2.88. The number of carbonyl (C=O) groups is 1. The minimum atomic E-state index is -0.442. The summed E-state index contributed by atoms with van der Waals surface area (Å²) in [5.41, 5.74) is 0.857. The van der Waals surface area contributed by atoms with Crippen LogP contribution in [0.2, 0.25) is 0 Å². The molecule has 11 heteroatoms. The normalized spacial score (nSPS) is 14.2. The van der Waals surface area contributed by atoms with E-state index in [2.05, 4.69) is 25.2 Å². The number of anilines is 2. The highest BCUT2D eigenvalue weighted by atomic mass is 16.5. The third kappa shape index (κ3) is 4.12. The van der Waals surface area contributed by atoms with Gasteiger partial charge < -0.3 is 24.7 Å². The van der Waals surface area contributed by atoms with E-state index in [1.165, 1.54) is 17.8 Å². The molecule has 11 nitrogen and oxygen atoms in total. The second kappa shape index (κ2) is 9.33. The van der Waals surface area contributed by atoms with E-state index in [0.29, 0.717) is 54.0 Å². The van der Waals surface area contributed by atoms with Gasteiger partial charge in [-0.3, -0.25) is 14.2 Å². The zero-order chi connectivity index (χ0) is 25.4. The number of carbonyl (C=O) groups excluding carboxylic acids is 1. The van der Waals surface area contributed by atoms with Gasteiger partial charge in [-0.1, -0.05) is 0 Å². The number of benzene rings is 2. The highest BCUT2D eigenvalue weighted by Gasteiger charge is 2.26. The number of H-pyrrole nitrogens is 1. The van der Waals surface area contributed by atoms with Crippen molar-refractivity contribution < 1.29 is 14.3 Å².